The summed E-state index contributed by atoms with van der Waals surface area (Å²) in [5, 5.41) is 9.20. The van der Waals surface area contributed by atoms with Gasteiger partial charge < -0.3 is 5.11 Å². The van der Waals surface area contributed by atoms with Gasteiger partial charge in [0.25, 0.3) is 0 Å². The second-order valence-electron chi connectivity index (χ2n) is 4.44. The summed E-state index contributed by atoms with van der Waals surface area (Å²) >= 11 is 5.24. The molecule has 1 aliphatic rings. The largest absolute Gasteiger partial charge is 0.480 e. The zero-order chi connectivity index (χ0) is 12.4. The molecule has 1 unspecified atom stereocenters. The topological polar surface area (TPSA) is 40.5 Å². The fourth-order valence-electron chi connectivity index (χ4n) is 2.26. The fourth-order valence-corrected chi connectivity index (χ4v) is 3.88. The first-order valence-electron chi connectivity index (χ1n) is 5.79. The van der Waals surface area contributed by atoms with Gasteiger partial charge in [-0.3, -0.25) is 9.69 Å². The van der Waals surface area contributed by atoms with E-state index in [9.17, 15) is 9.90 Å². The van der Waals surface area contributed by atoms with Gasteiger partial charge in [0, 0.05) is 20.8 Å². The molecular weight excluding hydrogens is 302 g/mol. The zero-order valence-corrected chi connectivity index (χ0v) is 12.2. The molecule has 2 rings (SSSR count). The summed E-state index contributed by atoms with van der Waals surface area (Å²) in [6.07, 6.45) is 2.91. The van der Waals surface area contributed by atoms with E-state index in [1.54, 1.807) is 11.3 Å². The van der Waals surface area contributed by atoms with Crippen LogP contribution in [0.3, 0.4) is 0 Å². The van der Waals surface area contributed by atoms with Crippen LogP contribution < -0.4 is 0 Å². The van der Waals surface area contributed by atoms with Crippen LogP contribution in [0.15, 0.2) is 10.5 Å². The SMILES string of the molecule is Cc1sc(CN2CCCCC2C(=O)O)cc1Br. The van der Waals surface area contributed by atoms with Crippen molar-refractivity contribution in [2.45, 2.75) is 38.8 Å². The highest BCUT2D eigenvalue weighted by molar-refractivity contribution is 9.10. The van der Waals surface area contributed by atoms with Crippen molar-refractivity contribution in [3.8, 4) is 0 Å². The van der Waals surface area contributed by atoms with Crippen molar-refractivity contribution < 1.29 is 9.90 Å². The summed E-state index contributed by atoms with van der Waals surface area (Å²) in [4.78, 5) is 15.8. The Bertz CT molecular complexity index is 399. The van der Waals surface area contributed by atoms with Gasteiger partial charge in [-0.1, -0.05) is 6.42 Å². The number of likely N-dealkylation sites (tertiary alicyclic amines) is 1. The first kappa shape index (κ1) is 13.1. The molecule has 3 nitrogen and oxygen atoms in total. The molecule has 1 aliphatic heterocycles. The normalized spacial score (nSPS) is 21.6. The van der Waals surface area contributed by atoms with Crippen LogP contribution in [0, 0.1) is 6.92 Å². The number of aliphatic carboxylic acids is 1. The van der Waals surface area contributed by atoms with Crippen molar-refractivity contribution >= 4 is 33.2 Å². The molecule has 0 aliphatic carbocycles. The van der Waals surface area contributed by atoms with E-state index in [0.29, 0.717) is 0 Å². The van der Waals surface area contributed by atoms with E-state index >= 15 is 0 Å². The van der Waals surface area contributed by atoms with Crippen molar-refractivity contribution in [1.29, 1.82) is 0 Å². The molecule has 0 spiro atoms. The van der Waals surface area contributed by atoms with E-state index in [4.69, 9.17) is 0 Å². The summed E-state index contributed by atoms with van der Waals surface area (Å²) in [5.74, 6) is -0.683. The molecule has 2 heterocycles. The summed E-state index contributed by atoms with van der Waals surface area (Å²) in [6, 6.07) is 1.80. The lowest BCUT2D eigenvalue weighted by Crippen LogP contribution is -2.43. The average Bonchev–Trinajstić information content (AvgIpc) is 2.58. The number of halogens is 1. The van der Waals surface area contributed by atoms with Gasteiger partial charge in [-0.05, 0) is 48.3 Å². The molecule has 1 fully saturated rings. The first-order chi connectivity index (χ1) is 8.08. The predicted octanol–water partition coefficient (Wildman–Crippen LogP) is 3.26. The van der Waals surface area contributed by atoms with Crippen LogP contribution in [0.2, 0.25) is 0 Å². The maximum absolute atomic E-state index is 11.2. The number of thiophene rings is 1. The van der Waals surface area contributed by atoms with E-state index in [1.807, 2.05) is 0 Å². The number of aryl methyl sites for hydroxylation is 1. The van der Waals surface area contributed by atoms with E-state index in [2.05, 4.69) is 33.8 Å². The van der Waals surface area contributed by atoms with E-state index in [-0.39, 0.29) is 6.04 Å². The summed E-state index contributed by atoms with van der Waals surface area (Å²) in [6.45, 7) is 3.72. The molecule has 17 heavy (non-hydrogen) atoms. The van der Waals surface area contributed by atoms with Crippen LogP contribution in [0.1, 0.15) is 29.0 Å². The smallest absolute Gasteiger partial charge is 0.320 e. The Morgan fingerprint density at radius 2 is 2.41 bits per heavy atom. The Kier molecular flexibility index (Phi) is 4.22. The van der Waals surface area contributed by atoms with Gasteiger partial charge in [0.1, 0.15) is 6.04 Å². The highest BCUT2D eigenvalue weighted by Crippen LogP contribution is 2.29. The van der Waals surface area contributed by atoms with Crippen molar-refractivity contribution in [2.24, 2.45) is 0 Å². The highest BCUT2D eigenvalue weighted by atomic mass is 79.9. The molecule has 1 aromatic heterocycles. The molecule has 1 atom stereocenters. The Labute approximate surface area is 114 Å². The number of carboxylic acids is 1. The number of nitrogens with zero attached hydrogens (tertiary/aromatic N) is 1. The molecule has 1 saturated heterocycles. The Morgan fingerprint density at radius 3 is 3.00 bits per heavy atom. The molecule has 0 amide bonds. The zero-order valence-electron chi connectivity index (χ0n) is 9.78. The van der Waals surface area contributed by atoms with Gasteiger partial charge in [-0.2, -0.15) is 0 Å². The number of hydrogen-bond donors (Lipinski definition) is 1. The number of hydrogen-bond acceptors (Lipinski definition) is 3. The van der Waals surface area contributed by atoms with Crippen LogP contribution >= 0.6 is 27.3 Å². The van der Waals surface area contributed by atoms with Crippen molar-refractivity contribution in [1.82, 2.24) is 4.90 Å². The lowest BCUT2D eigenvalue weighted by atomic mass is 10.0. The number of carboxylic acid groups (broad SMARTS) is 1. The second-order valence-corrected chi connectivity index (χ2v) is 6.63. The Hall–Kier alpha value is -0.390. The minimum absolute atomic E-state index is 0.301. The standard InChI is InChI=1S/C12H16BrNO2S/c1-8-10(13)6-9(17-8)7-14-5-3-2-4-11(14)12(15)16/h6,11H,2-5,7H2,1H3,(H,15,16). The molecule has 0 aromatic carbocycles. The number of rotatable bonds is 3. The lowest BCUT2D eigenvalue weighted by Gasteiger charge is -2.32. The summed E-state index contributed by atoms with van der Waals surface area (Å²) in [7, 11) is 0. The molecule has 5 heteroatoms. The molecule has 0 bridgehead atoms. The monoisotopic (exact) mass is 317 g/mol. The Morgan fingerprint density at radius 1 is 1.65 bits per heavy atom. The maximum atomic E-state index is 11.2. The van der Waals surface area contributed by atoms with Gasteiger partial charge in [0.05, 0.1) is 0 Å². The summed E-state index contributed by atoms with van der Waals surface area (Å²) < 4.78 is 1.13. The van der Waals surface area contributed by atoms with Crippen molar-refractivity contribution in [2.75, 3.05) is 6.54 Å². The third-order valence-corrected chi connectivity index (χ3v) is 5.29. The van der Waals surface area contributed by atoms with E-state index < -0.39 is 5.97 Å². The highest BCUT2D eigenvalue weighted by Gasteiger charge is 2.28. The molecule has 1 aromatic rings. The first-order valence-corrected chi connectivity index (χ1v) is 7.40. The molecule has 0 radical (unpaired) electrons. The third kappa shape index (κ3) is 3.09. The maximum Gasteiger partial charge on any atom is 0.320 e. The molecular formula is C12H16BrNO2S. The van der Waals surface area contributed by atoms with E-state index in [1.165, 1.54) is 9.75 Å². The average molecular weight is 318 g/mol. The summed E-state index contributed by atoms with van der Waals surface area (Å²) in [5.41, 5.74) is 0. The van der Waals surface area contributed by atoms with Crippen LogP contribution in [-0.2, 0) is 11.3 Å². The lowest BCUT2D eigenvalue weighted by molar-refractivity contribution is -0.144. The predicted molar refractivity (Wildman–Crippen MR) is 72.4 cm³/mol. The molecule has 0 saturated carbocycles. The second kappa shape index (κ2) is 5.50. The van der Waals surface area contributed by atoms with Gasteiger partial charge in [0.15, 0.2) is 0 Å². The quantitative estimate of drug-likeness (QED) is 0.930. The fraction of sp³-hybridized carbons (Fsp3) is 0.583. The van der Waals surface area contributed by atoms with Crippen molar-refractivity contribution in [3.63, 3.8) is 0 Å². The van der Waals surface area contributed by atoms with Gasteiger partial charge in [0.2, 0.25) is 0 Å². The van der Waals surface area contributed by atoms with E-state index in [0.717, 1.165) is 36.8 Å². The van der Waals surface area contributed by atoms with Crippen LogP contribution in [0.5, 0.6) is 0 Å². The van der Waals surface area contributed by atoms with Gasteiger partial charge in [-0.15, -0.1) is 11.3 Å². The number of carbonyl (C=O) groups is 1. The minimum Gasteiger partial charge on any atom is -0.480 e. The van der Waals surface area contributed by atoms with Crippen LogP contribution in [0.4, 0.5) is 0 Å². The van der Waals surface area contributed by atoms with Crippen LogP contribution in [0.25, 0.3) is 0 Å². The molecule has 94 valence electrons. The number of piperidine rings is 1. The van der Waals surface area contributed by atoms with Gasteiger partial charge >= 0.3 is 5.97 Å². The van der Waals surface area contributed by atoms with Gasteiger partial charge in [-0.25, -0.2) is 0 Å². The Balaban J connectivity index is 2.07. The van der Waals surface area contributed by atoms with Crippen LogP contribution in [-0.4, -0.2) is 28.6 Å². The minimum atomic E-state index is -0.683. The van der Waals surface area contributed by atoms with Crippen molar-refractivity contribution in [3.05, 3.63) is 20.3 Å². The molecule has 1 N–H and O–H groups in total. The third-order valence-electron chi connectivity index (χ3n) is 3.17.